The molecule has 12 heteroatoms. The van der Waals surface area contributed by atoms with Gasteiger partial charge in [0.05, 0.1) is 25.0 Å². The van der Waals surface area contributed by atoms with Crippen molar-refractivity contribution in [2.24, 2.45) is 0 Å². The Morgan fingerprint density at radius 3 is 2.24 bits per heavy atom. The Morgan fingerprint density at radius 2 is 1.68 bits per heavy atom. The smallest absolute Gasteiger partial charge is 0.342 e. The first kappa shape index (κ1) is 25.4. The van der Waals surface area contributed by atoms with Crippen LogP contribution in [0.2, 0.25) is 0 Å². The Morgan fingerprint density at radius 1 is 1.03 bits per heavy atom. The normalized spacial score (nSPS) is 14.7. The summed E-state index contributed by atoms with van der Waals surface area (Å²) in [5.41, 5.74) is 0.671. The molecule has 0 aromatic carbocycles. The molecule has 0 atom stereocenters. The third-order valence-corrected chi connectivity index (χ3v) is 7.57. The zero-order valence-corrected chi connectivity index (χ0v) is 20.5. The van der Waals surface area contributed by atoms with Gasteiger partial charge in [0.1, 0.15) is 27.7 Å². The molecule has 0 saturated carbocycles. The van der Waals surface area contributed by atoms with Crippen LogP contribution in [-0.4, -0.2) is 80.3 Å². The van der Waals surface area contributed by atoms with E-state index in [2.05, 4.69) is 4.98 Å². The summed E-state index contributed by atoms with van der Waals surface area (Å²) in [6.07, 6.45) is 0. The monoisotopic (exact) mass is 493 g/mol. The SMILES string of the molecule is CCOC(=O)c1ccc(C(=O)N2CCN(S(=O)(=O)c3c(C)oc(C)c3C(=O)OC)CC2)nc1C. The molecular formula is C22H27N3O8S. The van der Waals surface area contributed by atoms with E-state index in [1.54, 1.807) is 13.8 Å². The highest BCUT2D eigenvalue weighted by Crippen LogP contribution is 2.30. The molecule has 0 bridgehead atoms. The Bertz CT molecular complexity index is 1230. The number of nitrogens with zero attached hydrogens (tertiary/aromatic N) is 3. The van der Waals surface area contributed by atoms with Crippen molar-refractivity contribution in [3.8, 4) is 0 Å². The van der Waals surface area contributed by atoms with Crippen LogP contribution in [0.5, 0.6) is 0 Å². The largest absolute Gasteiger partial charge is 0.465 e. The Balaban J connectivity index is 1.76. The van der Waals surface area contributed by atoms with Gasteiger partial charge in [-0.05, 0) is 39.8 Å². The highest BCUT2D eigenvalue weighted by atomic mass is 32.2. The van der Waals surface area contributed by atoms with Gasteiger partial charge in [-0.15, -0.1) is 0 Å². The van der Waals surface area contributed by atoms with Crippen molar-refractivity contribution < 1.29 is 36.7 Å². The molecule has 0 spiro atoms. The predicted octanol–water partition coefficient (Wildman–Crippen LogP) is 1.71. The molecule has 34 heavy (non-hydrogen) atoms. The fourth-order valence-electron chi connectivity index (χ4n) is 3.84. The van der Waals surface area contributed by atoms with Gasteiger partial charge in [0.2, 0.25) is 10.0 Å². The van der Waals surface area contributed by atoms with Gasteiger partial charge >= 0.3 is 11.9 Å². The second kappa shape index (κ2) is 9.94. The first-order chi connectivity index (χ1) is 16.0. The van der Waals surface area contributed by atoms with Crippen molar-refractivity contribution in [3.05, 3.63) is 46.2 Å². The summed E-state index contributed by atoms with van der Waals surface area (Å²) in [5, 5.41) is 0. The van der Waals surface area contributed by atoms with Crippen LogP contribution in [0.4, 0.5) is 0 Å². The second-order valence-corrected chi connectivity index (χ2v) is 9.53. The number of methoxy groups -OCH3 is 1. The van der Waals surface area contributed by atoms with Crippen LogP contribution in [0.25, 0.3) is 0 Å². The summed E-state index contributed by atoms with van der Waals surface area (Å²) in [6, 6.07) is 2.94. The zero-order chi connectivity index (χ0) is 25.2. The number of aromatic nitrogens is 1. The maximum Gasteiger partial charge on any atom is 0.342 e. The average Bonchev–Trinajstić information content (AvgIpc) is 3.12. The van der Waals surface area contributed by atoms with E-state index in [4.69, 9.17) is 13.9 Å². The molecule has 11 nitrogen and oxygen atoms in total. The van der Waals surface area contributed by atoms with Crippen molar-refractivity contribution in [1.29, 1.82) is 0 Å². The Labute approximate surface area is 197 Å². The highest BCUT2D eigenvalue weighted by Gasteiger charge is 2.38. The number of amides is 1. The molecule has 1 amide bonds. The van der Waals surface area contributed by atoms with Crippen LogP contribution in [0, 0.1) is 20.8 Å². The molecule has 1 saturated heterocycles. The number of carbonyl (C=O) groups is 3. The molecule has 0 radical (unpaired) electrons. The predicted molar refractivity (Wildman–Crippen MR) is 119 cm³/mol. The first-order valence-electron chi connectivity index (χ1n) is 10.6. The van der Waals surface area contributed by atoms with Crippen molar-refractivity contribution >= 4 is 27.9 Å². The molecule has 0 N–H and O–H groups in total. The van der Waals surface area contributed by atoms with Crippen LogP contribution in [0.1, 0.15) is 55.3 Å². The van der Waals surface area contributed by atoms with E-state index >= 15 is 0 Å². The van der Waals surface area contributed by atoms with Gasteiger partial charge in [-0.3, -0.25) is 4.79 Å². The van der Waals surface area contributed by atoms with Gasteiger partial charge in [-0.25, -0.2) is 23.0 Å². The molecule has 2 aromatic heterocycles. The maximum absolute atomic E-state index is 13.3. The van der Waals surface area contributed by atoms with E-state index in [0.717, 1.165) is 0 Å². The van der Waals surface area contributed by atoms with E-state index in [0.29, 0.717) is 5.69 Å². The summed E-state index contributed by atoms with van der Waals surface area (Å²) in [6.45, 7) is 6.81. The van der Waals surface area contributed by atoms with Gasteiger partial charge in [-0.2, -0.15) is 4.31 Å². The van der Waals surface area contributed by atoms with Gasteiger partial charge < -0.3 is 18.8 Å². The lowest BCUT2D eigenvalue weighted by Crippen LogP contribution is -2.50. The molecular weight excluding hydrogens is 466 g/mol. The summed E-state index contributed by atoms with van der Waals surface area (Å²) >= 11 is 0. The summed E-state index contributed by atoms with van der Waals surface area (Å²) in [7, 11) is -2.90. The van der Waals surface area contributed by atoms with Gasteiger partial charge in [0, 0.05) is 26.2 Å². The average molecular weight is 494 g/mol. The fraction of sp³-hybridized carbons (Fsp3) is 0.455. The number of aryl methyl sites for hydroxylation is 3. The van der Waals surface area contributed by atoms with E-state index in [1.807, 2.05) is 0 Å². The number of sulfonamides is 1. The molecule has 1 fully saturated rings. The summed E-state index contributed by atoms with van der Waals surface area (Å²) in [4.78, 5) is 42.6. The zero-order valence-electron chi connectivity index (χ0n) is 19.7. The van der Waals surface area contributed by atoms with Gasteiger partial charge in [0.25, 0.3) is 5.91 Å². The van der Waals surface area contributed by atoms with Crippen molar-refractivity contribution in [2.45, 2.75) is 32.6 Å². The van der Waals surface area contributed by atoms with Crippen molar-refractivity contribution in [3.63, 3.8) is 0 Å². The van der Waals surface area contributed by atoms with Crippen molar-refractivity contribution in [2.75, 3.05) is 39.9 Å². The first-order valence-corrected chi connectivity index (χ1v) is 12.1. The number of piperazine rings is 1. The Kier molecular flexibility index (Phi) is 7.41. The number of hydrogen-bond donors (Lipinski definition) is 0. The third-order valence-electron chi connectivity index (χ3n) is 5.52. The molecule has 1 aliphatic rings. The number of esters is 2. The van der Waals surface area contributed by atoms with Gasteiger partial charge in [0.15, 0.2) is 0 Å². The third kappa shape index (κ3) is 4.68. The maximum atomic E-state index is 13.3. The lowest BCUT2D eigenvalue weighted by atomic mass is 10.1. The van der Waals surface area contributed by atoms with Crippen molar-refractivity contribution in [1.82, 2.24) is 14.2 Å². The van der Waals surface area contributed by atoms with E-state index in [-0.39, 0.29) is 71.9 Å². The molecule has 2 aromatic rings. The molecule has 3 rings (SSSR count). The second-order valence-electron chi connectivity index (χ2n) is 7.66. The minimum absolute atomic E-state index is 0.0260. The number of furan rings is 1. The number of rotatable bonds is 6. The van der Waals surface area contributed by atoms with Crippen LogP contribution >= 0.6 is 0 Å². The fourth-order valence-corrected chi connectivity index (χ4v) is 5.63. The van der Waals surface area contributed by atoms with Gasteiger partial charge in [-0.1, -0.05) is 0 Å². The van der Waals surface area contributed by atoms with Crippen LogP contribution in [0.15, 0.2) is 21.4 Å². The minimum Gasteiger partial charge on any atom is -0.465 e. The summed E-state index contributed by atoms with van der Waals surface area (Å²) < 4.78 is 42.9. The molecule has 0 aliphatic carbocycles. The topological polar surface area (TPSA) is 136 Å². The molecule has 1 aliphatic heterocycles. The standard InChI is InChI=1S/C22H27N3O8S/c1-6-32-21(27)16-7-8-17(23-13(16)2)20(26)24-9-11-25(12-10-24)34(29,30)19-15(4)33-14(3)18(19)22(28)31-5/h7-8H,6,9-12H2,1-5H3. The van der Waals surface area contributed by atoms with Crippen LogP contribution < -0.4 is 0 Å². The molecule has 0 unspecified atom stereocenters. The Hall–Kier alpha value is -3.25. The lowest BCUT2D eigenvalue weighted by Gasteiger charge is -2.33. The minimum atomic E-state index is -4.06. The molecule has 3 heterocycles. The number of carbonyl (C=O) groups excluding carboxylic acids is 3. The lowest BCUT2D eigenvalue weighted by molar-refractivity contribution is 0.0522. The highest BCUT2D eigenvalue weighted by molar-refractivity contribution is 7.89. The molecule has 184 valence electrons. The quantitative estimate of drug-likeness (QED) is 0.551. The number of hydrogen-bond acceptors (Lipinski definition) is 9. The van der Waals surface area contributed by atoms with Crippen LogP contribution in [-0.2, 0) is 19.5 Å². The number of ether oxygens (including phenoxy) is 2. The van der Waals surface area contributed by atoms with Crippen LogP contribution in [0.3, 0.4) is 0 Å². The van der Waals surface area contributed by atoms with E-state index < -0.39 is 22.0 Å². The van der Waals surface area contributed by atoms with E-state index in [1.165, 1.54) is 42.3 Å². The van der Waals surface area contributed by atoms with E-state index in [9.17, 15) is 22.8 Å². The number of pyridine rings is 1. The summed E-state index contributed by atoms with van der Waals surface area (Å²) in [5.74, 6) is -1.43.